The van der Waals surface area contributed by atoms with Gasteiger partial charge in [-0.2, -0.15) is 0 Å². The average molecular weight is 319 g/mol. The molecule has 0 saturated carbocycles. The van der Waals surface area contributed by atoms with E-state index < -0.39 is 5.97 Å². The topological polar surface area (TPSA) is 75.6 Å². The fraction of sp³-hybridized carbons (Fsp3) is 0.444. The van der Waals surface area contributed by atoms with Crippen molar-refractivity contribution >= 4 is 11.9 Å². The Morgan fingerprint density at radius 1 is 1.35 bits per heavy atom. The van der Waals surface area contributed by atoms with Crippen LogP contribution in [-0.4, -0.2) is 23.2 Å². The number of carboxylic acids is 1. The summed E-state index contributed by atoms with van der Waals surface area (Å²) in [5.41, 5.74) is 0.844. The zero-order chi connectivity index (χ0) is 17.5. The minimum atomic E-state index is -0.833. The fourth-order valence-electron chi connectivity index (χ4n) is 2.53. The lowest BCUT2D eigenvalue weighted by Crippen LogP contribution is -2.69. The summed E-state index contributed by atoms with van der Waals surface area (Å²) < 4.78 is 5.89. The van der Waals surface area contributed by atoms with Crippen LogP contribution in [0.5, 0.6) is 5.75 Å². The highest BCUT2D eigenvalue weighted by Crippen LogP contribution is 2.39. The third-order valence-corrected chi connectivity index (χ3v) is 4.04. The van der Waals surface area contributed by atoms with Crippen molar-refractivity contribution in [2.75, 3.05) is 0 Å². The second-order valence-electron chi connectivity index (χ2n) is 5.49. The molecule has 1 atom stereocenters. The van der Waals surface area contributed by atoms with Crippen molar-refractivity contribution in [3.8, 4) is 5.75 Å². The zero-order valence-electron chi connectivity index (χ0n) is 14.0. The number of ether oxygens (including phenoxy) is 1. The van der Waals surface area contributed by atoms with Crippen LogP contribution >= 0.6 is 0 Å². The number of rotatable bonds is 6. The Balaban J connectivity index is 0.000000593. The summed E-state index contributed by atoms with van der Waals surface area (Å²) in [5.74, 6) is 0.0647. The molecule has 2 N–H and O–H groups in total. The van der Waals surface area contributed by atoms with E-state index in [4.69, 9.17) is 14.6 Å². The number of nitrogens with one attached hydrogen (secondary N) is 1. The summed E-state index contributed by atoms with van der Waals surface area (Å²) in [6.45, 7) is 8.87. The zero-order valence-corrected chi connectivity index (χ0v) is 14.0. The van der Waals surface area contributed by atoms with Crippen molar-refractivity contribution in [3.63, 3.8) is 0 Å². The third kappa shape index (κ3) is 4.58. The van der Waals surface area contributed by atoms with Crippen molar-refractivity contribution in [3.05, 3.63) is 42.5 Å². The minimum Gasteiger partial charge on any atom is -0.481 e. The van der Waals surface area contributed by atoms with Crippen LogP contribution in [0, 0.1) is 5.41 Å². The molecule has 126 valence electrons. The predicted octanol–water partition coefficient (Wildman–Crippen LogP) is 3.15. The van der Waals surface area contributed by atoms with Crippen LogP contribution in [0.1, 0.15) is 39.2 Å². The maximum Gasteiger partial charge on any atom is 0.300 e. The molecule has 0 spiro atoms. The lowest BCUT2D eigenvalue weighted by atomic mass is 9.73. The van der Waals surface area contributed by atoms with E-state index in [1.165, 1.54) is 5.56 Å². The number of allylic oxidation sites excluding steroid dienone is 1. The first kappa shape index (κ1) is 18.7. The van der Waals surface area contributed by atoms with Gasteiger partial charge in [0.05, 0.1) is 0 Å². The lowest BCUT2D eigenvalue weighted by Gasteiger charge is -2.47. The van der Waals surface area contributed by atoms with Crippen molar-refractivity contribution < 1.29 is 19.4 Å². The van der Waals surface area contributed by atoms with E-state index in [2.05, 4.69) is 11.9 Å². The van der Waals surface area contributed by atoms with Gasteiger partial charge in [-0.05, 0) is 37.0 Å². The smallest absolute Gasteiger partial charge is 0.300 e. The molecule has 1 unspecified atom stereocenters. The molecular formula is C18H25NO4. The molecule has 1 saturated heterocycles. The van der Waals surface area contributed by atoms with Gasteiger partial charge in [0.15, 0.2) is 6.23 Å². The number of carboxylic acid groups (broad SMARTS) is 1. The summed E-state index contributed by atoms with van der Waals surface area (Å²) >= 11 is 0. The van der Waals surface area contributed by atoms with Gasteiger partial charge in [0, 0.05) is 6.92 Å². The van der Waals surface area contributed by atoms with Gasteiger partial charge in [0.25, 0.3) is 5.97 Å². The molecule has 23 heavy (non-hydrogen) atoms. The van der Waals surface area contributed by atoms with Gasteiger partial charge in [-0.25, -0.2) is 0 Å². The standard InChI is InChI=1S/C16H21NO2.C2H4O2/c1-4-7-12-8-10-13(11-9-12)19-15-16(5-2,6-3)14(18)17-15;1-2(3)4/h4,8-11,15H,1,5-7H2,2-3H3,(H,17,18);1H3,(H,3,4). The van der Waals surface area contributed by atoms with E-state index >= 15 is 0 Å². The maximum absolute atomic E-state index is 11.8. The van der Waals surface area contributed by atoms with E-state index in [0.29, 0.717) is 0 Å². The van der Waals surface area contributed by atoms with Gasteiger partial charge in [-0.1, -0.05) is 32.1 Å². The van der Waals surface area contributed by atoms with Crippen molar-refractivity contribution in [2.45, 2.75) is 46.3 Å². The van der Waals surface area contributed by atoms with Crippen LogP contribution in [0.2, 0.25) is 0 Å². The Labute approximate surface area is 137 Å². The molecule has 0 aromatic heterocycles. The molecule has 1 aromatic carbocycles. The molecule has 1 fully saturated rings. The summed E-state index contributed by atoms with van der Waals surface area (Å²) in [6, 6.07) is 7.94. The first-order valence-corrected chi connectivity index (χ1v) is 7.76. The highest BCUT2D eigenvalue weighted by molar-refractivity contribution is 5.89. The van der Waals surface area contributed by atoms with Gasteiger partial charge in [0.1, 0.15) is 11.2 Å². The molecule has 1 aromatic rings. The molecule has 1 aliphatic rings. The molecule has 1 aliphatic heterocycles. The number of aliphatic carboxylic acids is 1. The van der Waals surface area contributed by atoms with Crippen LogP contribution in [-0.2, 0) is 16.0 Å². The van der Waals surface area contributed by atoms with Gasteiger partial charge in [-0.3, -0.25) is 9.59 Å². The number of amides is 1. The monoisotopic (exact) mass is 319 g/mol. The first-order valence-electron chi connectivity index (χ1n) is 7.76. The Hall–Kier alpha value is -2.30. The highest BCUT2D eigenvalue weighted by Gasteiger charge is 2.54. The van der Waals surface area contributed by atoms with Crippen molar-refractivity contribution in [2.24, 2.45) is 5.41 Å². The van der Waals surface area contributed by atoms with Crippen molar-refractivity contribution in [1.29, 1.82) is 0 Å². The largest absolute Gasteiger partial charge is 0.481 e. The van der Waals surface area contributed by atoms with Crippen LogP contribution in [0.25, 0.3) is 0 Å². The van der Waals surface area contributed by atoms with Crippen molar-refractivity contribution in [1.82, 2.24) is 5.32 Å². The summed E-state index contributed by atoms with van der Waals surface area (Å²) in [5, 5.41) is 10.3. The van der Waals surface area contributed by atoms with E-state index in [0.717, 1.165) is 31.9 Å². The van der Waals surface area contributed by atoms with Crippen LogP contribution < -0.4 is 10.1 Å². The van der Waals surface area contributed by atoms with E-state index in [1.807, 2.05) is 44.2 Å². The molecule has 0 aliphatic carbocycles. The second kappa shape index (κ2) is 8.36. The summed E-state index contributed by atoms with van der Waals surface area (Å²) in [6.07, 6.45) is 4.12. The third-order valence-electron chi connectivity index (χ3n) is 4.04. The lowest BCUT2D eigenvalue weighted by molar-refractivity contribution is -0.161. The Morgan fingerprint density at radius 3 is 2.26 bits per heavy atom. The van der Waals surface area contributed by atoms with Gasteiger partial charge < -0.3 is 15.2 Å². The summed E-state index contributed by atoms with van der Waals surface area (Å²) in [7, 11) is 0. The Kier molecular flexibility index (Phi) is 6.82. The maximum atomic E-state index is 11.8. The number of hydrogen-bond donors (Lipinski definition) is 2. The van der Waals surface area contributed by atoms with Crippen LogP contribution in [0.15, 0.2) is 36.9 Å². The molecule has 1 amide bonds. The number of hydrogen-bond acceptors (Lipinski definition) is 3. The van der Waals surface area contributed by atoms with E-state index in [9.17, 15) is 4.79 Å². The average Bonchev–Trinajstić information content (AvgIpc) is 2.50. The summed E-state index contributed by atoms with van der Waals surface area (Å²) in [4.78, 5) is 20.8. The molecule has 0 radical (unpaired) electrons. The molecule has 5 nitrogen and oxygen atoms in total. The second-order valence-corrected chi connectivity index (χ2v) is 5.49. The SMILES string of the molecule is C=CCc1ccc(OC2NC(=O)C2(CC)CC)cc1.CC(=O)O. The molecular weight excluding hydrogens is 294 g/mol. The molecule has 0 bridgehead atoms. The quantitative estimate of drug-likeness (QED) is 0.624. The first-order chi connectivity index (χ1) is 10.9. The number of benzene rings is 1. The minimum absolute atomic E-state index is 0.103. The van der Waals surface area contributed by atoms with Crippen LogP contribution in [0.3, 0.4) is 0 Å². The normalized spacial score (nSPS) is 17.9. The number of carbonyl (C=O) groups excluding carboxylic acids is 1. The Bertz CT molecular complexity index is 543. The Morgan fingerprint density at radius 2 is 1.87 bits per heavy atom. The van der Waals surface area contributed by atoms with Gasteiger partial charge in [-0.15, -0.1) is 6.58 Å². The molecule has 5 heteroatoms. The van der Waals surface area contributed by atoms with E-state index in [1.54, 1.807) is 0 Å². The van der Waals surface area contributed by atoms with Gasteiger partial charge in [0.2, 0.25) is 5.91 Å². The van der Waals surface area contributed by atoms with Crippen LogP contribution in [0.4, 0.5) is 0 Å². The number of carbonyl (C=O) groups is 2. The molecule has 1 heterocycles. The van der Waals surface area contributed by atoms with Gasteiger partial charge >= 0.3 is 0 Å². The number of β-lactam (4-membered cyclic amide) rings is 1. The van der Waals surface area contributed by atoms with E-state index in [-0.39, 0.29) is 17.6 Å². The highest BCUT2D eigenvalue weighted by atomic mass is 16.5. The molecule has 2 rings (SSSR count). The predicted molar refractivity (Wildman–Crippen MR) is 89.2 cm³/mol. The fourth-order valence-corrected chi connectivity index (χ4v) is 2.53.